The number of aromatic nitrogens is 2. The molecule has 1 aliphatic rings. The summed E-state index contributed by atoms with van der Waals surface area (Å²) in [6.07, 6.45) is 1.26. The largest absolute Gasteiger partial charge is 0.394 e. The van der Waals surface area contributed by atoms with Gasteiger partial charge in [-0.25, -0.2) is 9.18 Å². The van der Waals surface area contributed by atoms with Crippen LogP contribution in [0.1, 0.15) is 19.1 Å². The highest BCUT2D eigenvalue weighted by atomic mass is 19.1. The van der Waals surface area contributed by atoms with Gasteiger partial charge in [-0.1, -0.05) is 0 Å². The molecule has 7 heteroatoms. The van der Waals surface area contributed by atoms with Crippen molar-refractivity contribution < 1.29 is 14.2 Å². The van der Waals surface area contributed by atoms with Crippen molar-refractivity contribution in [1.82, 2.24) is 9.55 Å². The molecule has 0 bridgehead atoms. The molecule has 0 amide bonds. The van der Waals surface area contributed by atoms with E-state index in [0.29, 0.717) is 12.8 Å². The highest BCUT2D eigenvalue weighted by molar-refractivity contribution is 5.26. The van der Waals surface area contributed by atoms with E-state index in [1.54, 1.807) is 0 Å². The number of rotatable bonds is 2. The second-order valence-electron chi connectivity index (χ2n) is 3.64. The lowest BCUT2D eigenvalue weighted by Crippen LogP contribution is -2.28. The number of nitrogen functional groups attached to an aromatic ring is 1. The number of hydrogen-bond acceptors (Lipinski definition) is 5. The number of aliphatic hydroxyl groups is 1. The van der Waals surface area contributed by atoms with Gasteiger partial charge in [0, 0.05) is 0 Å². The van der Waals surface area contributed by atoms with Gasteiger partial charge in [-0.2, -0.15) is 4.98 Å². The third-order valence-electron chi connectivity index (χ3n) is 2.53. The van der Waals surface area contributed by atoms with E-state index >= 15 is 0 Å². The molecule has 2 heterocycles. The normalized spacial score (nSPS) is 24.9. The highest BCUT2D eigenvalue weighted by Gasteiger charge is 2.27. The maximum Gasteiger partial charge on any atom is 0.351 e. The number of aliphatic hydroxyl groups excluding tert-OH is 1. The molecule has 88 valence electrons. The molecule has 1 aromatic rings. The van der Waals surface area contributed by atoms with Crippen LogP contribution in [0.4, 0.5) is 10.2 Å². The first-order chi connectivity index (χ1) is 7.61. The number of ether oxygens (including phenoxy) is 1. The smallest absolute Gasteiger partial charge is 0.351 e. The van der Waals surface area contributed by atoms with E-state index < -0.39 is 23.6 Å². The van der Waals surface area contributed by atoms with Crippen molar-refractivity contribution in [3.05, 3.63) is 22.5 Å². The molecule has 2 atom stereocenters. The molecule has 2 rings (SSSR count). The van der Waals surface area contributed by atoms with Gasteiger partial charge in [0.1, 0.15) is 6.23 Å². The van der Waals surface area contributed by atoms with Crippen LogP contribution >= 0.6 is 0 Å². The Morgan fingerprint density at radius 1 is 1.69 bits per heavy atom. The number of hydrogen-bond donors (Lipinski definition) is 2. The lowest BCUT2D eigenvalue weighted by Gasteiger charge is -2.14. The predicted octanol–water partition coefficient (Wildman–Crippen LogP) is -0.366. The zero-order valence-electron chi connectivity index (χ0n) is 8.47. The molecule has 1 aromatic heterocycles. The Kier molecular flexibility index (Phi) is 2.88. The third-order valence-corrected chi connectivity index (χ3v) is 2.53. The van der Waals surface area contributed by atoms with Crippen LogP contribution in [-0.4, -0.2) is 27.4 Å². The van der Waals surface area contributed by atoms with Gasteiger partial charge in [0.2, 0.25) is 0 Å². The van der Waals surface area contributed by atoms with Gasteiger partial charge in [0.15, 0.2) is 11.6 Å². The lowest BCUT2D eigenvalue weighted by atomic mass is 10.2. The van der Waals surface area contributed by atoms with E-state index in [-0.39, 0.29) is 12.7 Å². The monoisotopic (exact) mass is 229 g/mol. The van der Waals surface area contributed by atoms with Crippen LogP contribution in [0.25, 0.3) is 0 Å². The quantitative estimate of drug-likeness (QED) is 0.722. The number of anilines is 1. The summed E-state index contributed by atoms with van der Waals surface area (Å²) in [5.41, 5.74) is 4.51. The highest BCUT2D eigenvalue weighted by Crippen LogP contribution is 2.26. The summed E-state index contributed by atoms with van der Waals surface area (Å²) in [6.45, 7) is -0.115. The molecule has 0 spiro atoms. The van der Waals surface area contributed by atoms with Gasteiger partial charge in [0.05, 0.1) is 18.9 Å². The van der Waals surface area contributed by atoms with E-state index in [2.05, 4.69) is 4.98 Å². The summed E-state index contributed by atoms with van der Waals surface area (Å²) in [4.78, 5) is 14.8. The lowest BCUT2D eigenvalue weighted by molar-refractivity contribution is -0.0249. The van der Waals surface area contributed by atoms with Crippen molar-refractivity contribution in [1.29, 1.82) is 0 Å². The van der Waals surface area contributed by atoms with E-state index in [1.807, 2.05) is 0 Å². The molecule has 0 aromatic carbocycles. The Balaban J connectivity index is 2.28. The van der Waals surface area contributed by atoms with Crippen LogP contribution in [0.15, 0.2) is 11.0 Å². The Bertz CT molecular complexity index is 448. The maximum absolute atomic E-state index is 13.1. The van der Waals surface area contributed by atoms with E-state index in [1.165, 1.54) is 0 Å². The van der Waals surface area contributed by atoms with Crippen LogP contribution in [0.5, 0.6) is 0 Å². The van der Waals surface area contributed by atoms with E-state index in [9.17, 15) is 9.18 Å². The Hall–Kier alpha value is -1.47. The van der Waals surface area contributed by atoms with Crippen LogP contribution in [0, 0.1) is 5.82 Å². The first kappa shape index (κ1) is 11.0. The minimum absolute atomic E-state index is 0.115. The number of nitrogens with zero attached hydrogens (tertiary/aromatic N) is 2. The fourth-order valence-corrected chi connectivity index (χ4v) is 1.69. The zero-order chi connectivity index (χ0) is 11.7. The molecule has 0 radical (unpaired) electrons. The SMILES string of the molecule is Nc1nc(=O)n([C@@H]2CCC(CO)O2)cc1F. The van der Waals surface area contributed by atoms with Crippen molar-refractivity contribution >= 4 is 5.82 Å². The zero-order valence-corrected chi connectivity index (χ0v) is 8.47. The van der Waals surface area contributed by atoms with Gasteiger partial charge in [0.25, 0.3) is 0 Å². The van der Waals surface area contributed by atoms with Crippen LogP contribution in [0.2, 0.25) is 0 Å². The predicted molar refractivity (Wildman–Crippen MR) is 53.1 cm³/mol. The maximum atomic E-state index is 13.1. The topological polar surface area (TPSA) is 90.4 Å². The minimum atomic E-state index is -0.754. The van der Waals surface area contributed by atoms with Gasteiger partial charge < -0.3 is 15.6 Å². The molecule has 0 aliphatic carbocycles. The summed E-state index contributed by atoms with van der Waals surface area (Å²) < 4.78 is 19.5. The van der Waals surface area contributed by atoms with E-state index in [0.717, 1.165) is 10.8 Å². The second-order valence-corrected chi connectivity index (χ2v) is 3.64. The molecular formula is C9H12FN3O3. The summed E-state index contributed by atoms with van der Waals surface area (Å²) in [5, 5.41) is 8.88. The number of nitrogens with two attached hydrogens (primary N) is 1. The molecule has 1 unspecified atom stereocenters. The van der Waals surface area contributed by atoms with Crippen molar-refractivity contribution in [2.75, 3.05) is 12.3 Å². The van der Waals surface area contributed by atoms with Crippen LogP contribution in [-0.2, 0) is 4.74 Å². The summed E-state index contributed by atoms with van der Waals surface area (Å²) in [6, 6.07) is 0. The average molecular weight is 229 g/mol. The summed E-state index contributed by atoms with van der Waals surface area (Å²) >= 11 is 0. The van der Waals surface area contributed by atoms with Crippen molar-refractivity contribution in [3.63, 3.8) is 0 Å². The Labute approximate surface area is 90.5 Å². The second kappa shape index (κ2) is 4.18. The summed E-state index contributed by atoms with van der Waals surface area (Å²) in [5.74, 6) is -1.17. The fraction of sp³-hybridized carbons (Fsp3) is 0.556. The van der Waals surface area contributed by atoms with Crippen molar-refractivity contribution in [2.24, 2.45) is 0 Å². The standard InChI is InChI=1S/C9H12FN3O3/c10-6-3-13(9(15)12-8(6)11)7-2-1-5(4-14)16-7/h3,5,7,14H,1-2,4H2,(H2,11,12,15)/t5?,7-/m0/s1. The Morgan fingerprint density at radius 2 is 2.44 bits per heavy atom. The van der Waals surface area contributed by atoms with Crippen LogP contribution in [0.3, 0.4) is 0 Å². The average Bonchev–Trinajstić information content (AvgIpc) is 2.71. The fourth-order valence-electron chi connectivity index (χ4n) is 1.69. The molecule has 16 heavy (non-hydrogen) atoms. The van der Waals surface area contributed by atoms with E-state index in [4.69, 9.17) is 15.6 Å². The number of halogens is 1. The summed E-state index contributed by atoms with van der Waals surface area (Å²) in [7, 11) is 0. The molecule has 6 nitrogen and oxygen atoms in total. The van der Waals surface area contributed by atoms with Crippen LogP contribution < -0.4 is 11.4 Å². The van der Waals surface area contributed by atoms with Gasteiger partial charge in [-0.3, -0.25) is 4.57 Å². The third kappa shape index (κ3) is 1.91. The van der Waals surface area contributed by atoms with Crippen molar-refractivity contribution in [2.45, 2.75) is 25.2 Å². The first-order valence-corrected chi connectivity index (χ1v) is 4.92. The Morgan fingerprint density at radius 3 is 3.06 bits per heavy atom. The van der Waals surface area contributed by atoms with Gasteiger partial charge in [-0.15, -0.1) is 0 Å². The molecule has 0 saturated carbocycles. The molecule has 1 saturated heterocycles. The minimum Gasteiger partial charge on any atom is -0.394 e. The van der Waals surface area contributed by atoms with Gasteiger partial charge >= 0.3 is 5.69 Å². The molecule has 3 N–H and O–H groups in total. The molecular weight excluding hydrogens is 217 g/mol. The van der Waals surface area contributed by atoms with Crippen molar-refractivity contribution in [3.8, 4) is 0 Å². The molecule has 1 aliphatic heterocycles. The first-order valence-electron chi connectivity index (χ1n) is 4.92. The van der Waals surface area contributed by atoms with Gasteiger partial charge in [-0.05, 0) is 12.8 Å². The molecule has 1 fully saturated rings.